The van der Waals surface area contributed by atoms with E-state index in [1.54, 1.807) is 11.1 Å². The summed E-state index contributed by atoms with van der Waals surface area (Å²) >= 11 is 1.40. The van der Waals surface area contributed by atoms with E-state index in [1.165, 1.54) is 17.4 Å². The van der Waals surface area contributed by atoms with Gasteiger partial charge < -0.3 is 20.3 Å². The second kappa shape index (κ2) is 8.40. The van der Waals surface area contributed by atoms with Gasteiger partial charge in [0.1, 0.15) is 5.82 Å². The van der Waals surface area contributed by atoms with Gasteiger partial charge in [-0.15, -0.1) is 11.3 Å². The first-order valence-corrected chi connectivity index (χ1v) is 11.2. The molecule has 2 N–H and O–H groups in total. The largest absolute Gasteiger partial charge is 0.380 e. The summed E-state index contributed by atoms with van der Waals surface area (Å²) in [5, 5.41) is 7.95. The van der Waals surface area contributed by atoms with E-state index >= 15 is 0 Å². The van der Waals surface area contributed by atoms with Crippen molar-refractivity contribution in [2.75, 3.05) is 31.6 Å². The summed E-state index contributed by atoms with van der Waals surface area (Å²) in [7, 11) is 0. The minimum absolute atomic E-state index is 0.0247. The van der Waals surface area contributed by atoms with Crippen LogP contribution in [0.5, 0.6) is 0 Å². The van der Waals surface area contributed by atoms with E-state index in [-0.39, 0.29) is 35.8 Å². The van der Waals surface area contributed by atoms with Gasteiger partial charge in [0, 0.05) is 19.3 Å². The fourth-order valence-electron chi connectivity index (χ4n) is 3.61. The van der Waals surface area contributed by atoms with Crippen LogP contribution < -0.4 is 10.6 Å². The highest BCUT2D eigenvalue weighted by Gasteiger charge is 2.36. The number of rotatable bonds is 6. The molecular formula is C21H21FN6O3S. The SMILES string of the molecule is CC(Nc1nc(C(=O)N2CC(NC(=O)C3COC3)C2)c2sccc2n1)c1cncc(F)c1. The van der Waals surface area contributed by atoms with Crippen molar-refractivity contribution < 1.29 is 18.7 Å². The third-order valence-electron chi connectivity index (χ3n) is 5.60. The molecule has 2 aliphatic rings. The van der Waals surface area contributed by atoms with Crippen LogP contribution in [-0.2, 0) is 9.53 Å². The number of aromatic nitrogens is 3. The number of nitrogens with one attached hydrogen (secondary N) is 2. The van der Waals surface area contributed by atoms with E-state index in [2.05, 4.69) is 25.6 Å². The molecule has 5 heterocycles. The molecular weight excluding hydrogens is 435 g/mol. The van der Waals surface area contributed by atoms with Crippen LogP contribution in [0, 0.1) is 11.7 Å². The minimum atomic E-state index is -0.425. The number of amides is 2. The van der Waals surface area contributed by atoms with E-state index in [0.717, 1.165) is 6.20 Å². The second-order valence-electron chi connectivity index (χ2n) is 7.98. The first-order valence-electron chi connectivity index (χ1n) is 10.3. The van der Waals surface area contributed by atoms with Gasteiger partial charge in [-0.05, 0) is 30.0 Å². The molecule has 166 valence electrons. The molecule has 0 spiro atoms. The van der Waals surface area contributed by atoms with Gasteiger partial charge in [-0.2, -0.15) is 0 Å². The van der Waals surface area contributed by atoms with Gasteiger partial charge in [-0.1, -0.05) is 0 Å². The van der Waals surface area contributed by atoms with E-state index < -0.39 is 5.82 Å². The van der Waals surface area contributed by atoms with Crippen molar-refractivity contribution in [3.63, 3.8) is 0 Å². The summed E-state index contributed by atoms with van der Waals surface area (Å²) in [4.78, 5) is 39.7. The number of ether oxygens (including phenoxy) is 1. The third-order valence-corrected chi connectivity index (χ3v) is 6.51. The number of nitrogens with zero attached hydrogens (tertiary/aromatic N) is 4. The molecule has 9 nitrogen and oxygen atoms in total. The Balaban J connectivity index is 1.30. The molecule has 2 aliphatic heterocycles. The Morgan fingerprint density at radius 3 is 2.81 bits per heavy atom. The molecule has 5 rings (SSSR count). The van der Waals surface area contributed by atoms with Crippen LogP contribution in [-0.4, -0.2) is 64.0 Å². The predicted octanol–water partition coefficient (Wildman–Crippen LogP) is 1.99. The van der Waals surface area contributed by atoms with Gasteiger partial charge in [-0.3, -0.25) is 14.6 Å². The van der Waals surface area contributed by atoms with Gasteiger partial charge in [0.05, 0.1) is 47.6 Å². The lowest BCUT2D eigenvalue weighted by atomic mass is 10.0. The zero-order valence-electron chi connectivity index (χ0n) is 17.2. The minimum Gasteiger partial charge on any atom is -0.380 e. The Labute approximate surface area is 187 Å². The van der Waals surface area contributed by atoms with E-state index in [1.807, 2.05) is 18.4 Å². The van der Waals surface area contributed by atoms with Gasteiger partial charge in [-0.25, -0.2) is 14.4 Å². The van der Waals surface area contributed by atoms with Gasteiger partial charge >= 0.3 is 0 Å². The Kier molecular flexibility index (Phi) is 5.43. The zero-order valence-corrected chi connectivity index (χ0v) is 18.1. The van der Waals surface area contributed by atoms with Crippen molar-refractivity contribution in [2.24, 2.45) is 5.92 Å². The number of likely N-dealkylation sites (tertiary alicyclic amines) is 1. The second-order valence-corrected chi connectivity index (χ2v) is 8.90. The maximum absolute atomic E-state index is 13.5. The molecule has 2 fully saturated rings. The Hall–Kier alpha value is -3.18. The zero-order chi connectivity index (χ0) is 22.2. The summed E-state index contributed by atoms with van der Waals surface area (Å²) in [5.41, 5.74) is 1.62. The van der Waals surface area contributed by atoms with Crippen LogP contribution >= 0.6 is 11.3 Å². The van der Waals surface area contributed by atoms with Crippen molar-refractivity contribution >= 4 is 39.3 Å². The van der Waals surface area contributed by atoms with Crippen LogP contribution in [0.25, 0.3) is 10.2 Å². The molecule has 0 aromatic carbocycles. The maximum atomic E-state index is 13.5. The number of fused-ring (bicyclic) bond motifs is 1. The maximum Gasteiger partial charge on any atom is 0.274 e. The number of carbonyl (C=O) groups is 2. The Morgan fingerprint density at radius 2 is 2.09 bits per heavy atom. The van der Waals surface area contributed by atoms with E-state index in [0.29, 0.717) is 47.8 Å². The highest BCUT2D eigenvalue weighted by molar-refractivity contribution is 7.17. The third kappa shape index (κ3) is 4.00. The highest BCUT2D eigenvalue weighted by Crippen LogP contribution is 2.27. The van der Waals surface area contributed by atoms with Crippen molar-refractivity contribution in [3.8, 4) is 0 Å². The fraction of sp³-hybridized carbons (Fsp3) is 0.381. The number of hydrogen-bond donors (Lipinski definition) is 2. The quantitative estimate of drug-likeness (QED) is 0.584. The van der Waals surface area contributed by atoms with Crippen LogP contribution in [0.2, 0.25) is 0 Å². The Morgan fingerprint density at radius 1 is 1.28 bits per heavy atom. The molecule has 0 saturated carbocycles. The number of anilines is 1. The molecule has 2 saturated heterocycles. The summed E-state index contributed by atoms with van der Waals surface area (Å²) in [5.74, 6) is -0.461. The molecule has 0 radical (unpaired) electrons. The molecule has 1 atom stereocenters. The van der Waals surface area contributed by atoms with Crippen molar-refractivity contribution in [2.45, 2.75) is 19.0 Å². The van der Waals surface area contributed by atoms with E-state index in [4.69, 9.17) is 4.74 Å². The number of hydrogen-bond acceptors (Lipinski definition) is 8. The van der Waals surface area contributed by atoms with Gasteiger partial charge in [0.25, 0.3) is 5.91 Å². The lowest BCUT2D eigenvalue weighted by Crippen LogP contribution is -2.62. The lowest BCUT2D eigenvalue weighted by molar-refractivity contribution is -0.140. The van der Waals surface area contributed by atoms with Crippen LogP contribution in [0.3, 0.4) is 0 Å². The topological polar surface area (TPSA) is 109 Å². The highest BCUT2D eigenvalue weighted by atomic mass is 32.1. The van der Waals surface area contributed by atoms with Crippen LogP contribution in [0.4, 0.5) is 10.3 Å². The monoisotopic (exact) mass is 456 g/mol. The van der Waals surface area contributed by atoms with Crippen LogP contribution in [0.1, 0.15) is 29.0 Å². The molecule has 11 heteroatoms. The van der Waals surface area contributed by atoms with Crippen LogP contribution in [0.15, 0.2) is 29.9 Å². The fourth-order valence-corrected chi connectivity index (χ4v) is 4.42. The number of pyridine rings is 1. The molecule has 1 unspecified atom stereocenters. The van der Waals surface area contributed by atoms with E-state index in [9.17, 15) is 14.0 Å². The summed E-state index contributed by atoms with van der Waals surface area (Å²) in [6.45, 7) is 3.62. The van der Waals surface area contributed by atoms with Gasteiger partial charge in [0.2, 0.25) is 11.9 Å². The van der Waals surface area contributed by atoms with Crippen molar-refractivity contribution in [1.29, 1.82) is 0 Å². The summed E-state index contributed by atoms with van der Waals surface area (Å²) < 4.78 is 19.3. The van der Waals surface area contributed by atoms with Crippen molar-refractivity contribution in [1.82, 2.24) is 25.2 Å². The smallest absolute Gasteiger partial charge is 0.274 e. The summed E-state index contributed by atoms with van der Waals surface area (Å²) in [6.07, 6.45) is 2.71. The Bertz CT molecular complexity index is 1180. The standard InChI is InChI=1S/C21H21FN6O3S/c1-11(12-4-14(22)6-23-5-12)24-21-26-16-2-3-32-18(16)17(27-21)20(30)28-7-15(8-28)25-19(29)13-9-31-10-13/h2-6,11,13,15H,7-10H2,1H3,(H,25,29)(H,24,26,27). The number of thiophene rings is 1. The first-order chi connectivity index (χ1) is 15.5. The predicted molar refractivity (Wildman–Crippen MR) is 116 cm³/mol. The van der Waals surface area contributed by atoms with Gasteiger partial charge in [0.15, 0.2) is 5.69 Å². The molecule has 0 bridgehead atoms. The summed E-state index contributed by atoms with van der Waals surface area (Å²) in [6, 6.07) is 2.85. The lowest BCUT2D eigenvalue weighted by Gasteiger charge is -2.40. The van der Waals surface area contributed by atoms with Crippen molar-refractivity contribution in [3.05, 3.63) is 47.0 Å². The average molecular weight is 457 g/mol. The molecule has 2 amide bonds. The number of carbonyl (C=O) groups excluding carboxylic acids is 2. The first kappa shape index (κ1) is 20.7. The average Bonchev–Trinajstić information content (AvgIpc) is 3.16. The molecule has 3 aromatic rings. The normalized spacial score (nSPS) is 17.5. The number of halogens is 1. The molecule has 0 aliphatic carbocycles. The molecule has 3 aromatic heterocycles. The molecule has 32 heavy (non-hydrogen) atoms.